The van der Waals surface area contributed by atoms with Gasteiger partial charge in [-0.25, -0.2) is 14.8 Å². The lowest BCUT2D eigenvalue weighted by Crippen LogP contribution is -2.26. The molecule has 86 valence electrons. The molecule has 0 aromatic carbocycles. The second-order valence-corrected chi connectivity index (χ2v) is 3.83. The van der Waals surface area contributed by atoms with E-state index in [-0.39, 0.29) is 17.0 Å². The molecule has 2 heterocycles. The Bertz CT molecular complexity index is 363. The molecular formula is C10H11ClN2O3. The van der Waals surface area contributed by atoms with E-state index < -0.39 is 5.97 Å². The summed E-state index contributed by atoms with van der Waals surface area (Å²) in [5.74, 6) is -0.462. The number of rotatable bonds is 2. The van der Waals surface area contributed by atoms with Gasteiger partial charge in [-0.2, -0.15) is 0 Å². The van der Waals surface area contributed by atoms with Crippen molar-refractivity contribution < 1.29 is 14.3 Å². The van der Waals surface area contributed by atoms with Gasteiger partial charge < -0.3 is 9.47 Å². The van der Waals surface area contributed by atoms with Gasteiger partial charge in [0, 0.05) is 12.8 Å². The number of nitrogens with zero attached hydrogens (tertiary/aromatic N) is 2. The van der Waals surface area contributed by atoms with Gasteiger partial charge in [0.1, 0.15) is 11.3 Å². The maximum Gasteiger partial charge on any atom is 0.358 e. The molecule has 0 unspecified atom stereocenters. The van der Waals surface area contributed by atoms with Crippen molar-refractivity contribution in [1.29, 1.82) is 0 Å². The van der Waals surface area contributed by atoms with Crippen molar-refractivity contribution in [1.82, 2.24) is 9.97 Å². The Balaban J connectivity index is 1.94. The number of hydrogen-bond acceptors (Lipinski definition) is 5. The predicted molar refractivity (Wildman–Crippen MR) is 56.3 cm³/mol. The summed E-state index contributed by atoms with van der Waals surface area (Å²) in [6.07, 6.45) is 4.00. The van der Waals surface area contributed by atoms with Crippen LogP contribution in [0.1, 0.15) is 23.3 Å². The van der Waals surface area contributed by atoms with Crippen molar-refractivity contribution in [3.63, 3.8) is 0 Å². The summed E-state index contributed by atoms with van der Waals surface area (Å²) in [6, 6.07) is 0. The molecular weight excluding hydrogens is 232 g/mol. The number of halogens is 1. The zero-order valence-corrected chi connectivity index (χ0v) is 9.31. The highest BCUT2D eigenvalue weighted by molar-refractivity contribution is 6.29. The van der Waals surface area contributed by atoms with Crippen LogP contribution >= 0.6 is 11.6 Å². The van der Waals surface area contributed by atoms with E-state index in [0.717, 1.165) is 12.8 Å². The second-order valence-electron chi connectivity index (χ2n) is 3.44. The Morgan fingerprint density at radius 3 is 2.75 bits per heavy atom. The van der Waals surface area contributed by atoms with Gasteiger partial charge in [0.2, 0.25) is 0 Å². The van der Waals surface area contributed by atoms with Crippen LogP contribution < -0.4 is 0 Å². The van der Waals surface area contributed by atoms with Gasteiger partial charge >= 0.3 is 5.97 Å². The van der Waals surface area contributed by atoms with E-state index in [1.54, 1.807) is 0 Å². The maximum absolute atomic E-state index is 11.6. The molecule has 0 atom stereocenters. The molecule has 0 aliphatic carbocycles. The van der Waals surface area contributed by atoms with Crippen LogP contribution in [0, 0.1) is 0 Å². The third-order valence-electron chi connectivity index (χ3n) is 2.27. The molecule has 0 saturated carbocycles. The van der Waals surface area contributed by atoms with Gasteiger partial charge in [0.15, 0.2) is 5.69 Å². The van der Waals surface area contributed by atoms with Crippen molar-refractivity contribution in [2.24, 2.45) is 0 Å². The van der Waals surface area contributed by atoms with Crippen LogP contribution in [0.3, 0.4) is 0 Å². The lowest BCUT2D eigenvalue weighted by atomic mass is 10.1. The third-order valence-corrected chi connectivity index (χ3v) is 2.47. The van der Waals surface area contributed by atoms with Gasteiger partial charge in [-0.05, 0) is 0 Å². The average molecular weight is 243 g/mol. The highest BCUT2D eigenvalue weighted by Gasteiger charge is 2.19. The van der Waals surface area contributed by atoms with Crippen LogP contribution in [0.15, 0.2) is 12.4 Å². The molecule has 6 heteroatoms. The maximum atomic E-state index is 11.6. The smallest absolute Gasteiger partial charge is 0.358 e. The van der Waals surface area contributed by atoms with Gasteiger partial charge in [0.05, 0.1) is 25.6 Å². The molecule has 1 aliphatic rings. The average Bonchev–Trinajstić information content (AvgIpc) is 2.31. The first-order valence-electron chi connectivity index (χ1n) is 5.02. The summed E-state index contributed by atoms with van der Waals surface area (Å²) in [5, 5.41) is 0.252. The number of carbonyl (C=O) groups is 1. The molecule has 0 amide bonds. The summed E-state index contributed by atoms with van der Waals surface area (Å²) in [6.45, 7) is 1.26. The minimum atomic E-state index is -0.462. The highest BCUT2D eigenvalue weighted by Crippen LogP contribution is 2.12. The number of hydrogen-bond donors (Lipinski definition) is 0. The highest BCUT2D eigenvalue weighted by atomic mass is 35.5. The number of ether oxygens (including phenoxy) is 2. The summed E-state index contributed by atoms with van der Waals surface area (Å²) < 4.78 is 10.4. The van der Waals surface area contributed by atoms with Gasteiger partial charge in [-0.15, -0.1) is 0 Å². The van der Waals surface area contributed by atoms with E-state index in [4.69, 9.17) is 21.1 Å². The largest absolute Gasteiger partial charge is 0.457 e. The molecule has 1 fully saturated rings. The zero-order chi connectivity index (χ0) is 11.4. The standard InChI is InChI=1S/C10H11ClN2O3/c11-9-6-12-8(5-13-9)10(14)16-7-1-3-15-4-2-7/h5-7H,1-4H2. The lowest BCUT2D eigenvalue weighted by Gasteiger charge is -2.21. The van der Waals surface area contributed by atoms with Crippen LogP contribution in [-0.2, 0) is 9.47 Å². The fraction of sp³-hybridized carbons (Fsp3) is 0.500. The van der Waals surface area contributed by atoms with Crippen LogP contribution in [0.25, 0.3) is 0 Å². The van der Waals surface area contributed by atoms with Crippen molar-refractivity contribution in [3.05, 3.63) is 23.2 Å². The van der Waals surface area contributed by atoms with E-state index in [2.05, 4.69) is 9.97 Å². The van der Waals surface area contributed by atoms with Crippen molar-refractivity contribution in [3.8, 4) is 0 Å². The minimum Gasteiger partial charge on any atom is -0.457 e. The molecule has 16 heavy (non-hydrogen) atoms. The van der Waals surface area contributed by atoms with Crippen molar-refractivity contribution >= 4 is 17.6 Å². The molecule has 0 radical (unpaired) electrons. The van der Waals surface area contributed by atoms with Crippen molar-refractivity contribution in [2.75, 3.05) is 13.2 Å². The molecule has 1 saturated heterocycles. The fourth-order valence-electron chi connectivity index (χ4n) is 1.42. The first-order valence-corrected chi connectivity index (χ1v) is 5.40. The SMILES string of the molecule is O=C(OC1CCOCC1)c1cnc(Cl)cn1. The summed E-state index contributed by atoms with van der Waals surface area (Å²) >= 11 is 5.57. The summed E-state index contributed by atoms with van der Waals surface area (Å²) in [5.41, 5.74) is 0.177. The first-order chi connectivity index (χ1) is 7.75. The van der Waals surface area contributed by atoms with Gasteiger partial charge in [-0.1, -0.05) is 11.6 Å². The first kappa shape index (κ1) is 11.3. The Labute approximate surface area is 97.7 Å². The fourth-order valence-corrected chi connectivity index (χ4v) is 1.52. The monoisotopic (exact) mass is 242 g/mol. The zero-order valence-electron chi connectivity index (χ0n) is 8.56. The van der Waals surface area contributed by atoms with Gasteiger partial charge in [-0.3, -0.25) is 0 Å². The molecule has 1 aliphatic heterocycles. The van der Waals surface area contributed by atoms with Crippen LogP contribution in [-0.4, -0.2) is 35.3 Å². The third kappa shape index (κ3) is 2.90. The quantitative estimate of drug-likeness (QED) is 0.735. The molecule has 0 spiro atoms. The number of carbonyl (C=O) groups excluding carboxylic acids is 1. The van der Waals surface area contributed by atoms with E-state index in [0.29, 0.717) is 13.2 Å². The van der Waals surface area contributed by atoms with E-state index in [1.165, 1.54) is 12.4 Å². The number of esters is 1. The lowest BCUT2D eigenvalue weighted by molar-refractivity contribution is -0.0163. The molecule has 0 bridgehead atoms. The van der Waals surface area contributed by atoms with E-state index >= 15 is 0 Å². The van der Waals surface area contributed by atoms with Crippen LogP contribution in [0.2, 0.25) is 5.15 Å². The van der Waals surface area contributed by atoms with E-state index in [1.807, 2.05) is 0 Å². The molecule has 5 nitrogen and oxygen atoms in total. The van der Waals surface area contributed by atoms with Crippen molar-refractivity contribution in [2.45, 2.75) is 18.9 Å². The Hall–Kier alpha value is -1.20. The topological polar surface area (TPSA) is 61.3 Å². The molecule has 0 N–H and O–H groups in total. The second kappa shape index (κ2) is 5.23. The summed E-state index contributed by atoms with van der Waals surface area (Å²) in [7, 11) is 0. The van der Waals surface area contributed by atoms with Crippen LogP contribution in [0.4, 0.5) is 0 Å². The van der Waals surface area contributed by atoms with Crippen LogP contribution in [0.5, 0.6) is 0 Å². The Morgan fingerprint density at radius 2 is 2.12 bits per heavy atom. The summed E-state index contributed by atoms with van der Waals surface area (Å²) in [4.78, 5) is 19.2. The predicted octanol–water partition coefficient (Wildman–Crippen LogP) is 1.47. The number of aromatic nitrogens is 2. The van der Waals surface area contributed by atoms with E-state index in [9.17, 15) is 4.79 Å². The van der Waals surface area contributed by atoms with Gasteiger partial charge in [0.25, 0.3) is 0 Å². The molecule has 1 aromatic rings. The minimum absolute atomic E-state index is 0.0845. The Kier molecular flexibility index (Phi) is 3.69. The normalized spacial score (nSPS) is 17.1. The molecule has 1 aromatic heterocycles. The molecule has 2 rings (SSSR count). The Morgan fingerprint density at radius 1 is 1.38 bits per heavy atom.